The van der Waals surface area contributed by atoms with Crippen molar-refractivity contribution in [3.05, 3.63) is 24.3 Å². The number of benzene rings is 1. The van der Waals surface area contributed by atoms with Gasteiger partial charge in [0.1, 0.15) is 11.5 Å². The summed E-state index contributed by atoms with van der Waals surface area (Å²) in [4.78, 5) is 0. The number of hydrogen-bond donors (Lipinski definition) is 1. The van der Waals surface area contributed by atoms with Gasteiger partial charge in [0.05, 0.1) is 13.2 Å². The first kappa shape index (κ1) is 11.9. The second-order valence-electron chi connectivity index (χ2n) is 3.82. The summed E-state index contributed by atoms with van der Waals surface area (Å²) in [6.45, 7) is 3.99. The summed E-state index contributed by atoms with van der Waals surface area (Å²) in [5.41, 5.74) is 5.70. The zero-order valence-corrected chi connectivity index (χ0v) is 9.57. The van der Waals surface area contributed by atoms with E-state index in [-0.39, 0.29) is 12.1 Å². The van der Waals surface area contributed by atoms with Crippen LogP contribution in [-0.2, 0) is 0 Å². The number of ether oxygens (including phenoxy) is 2. The molecule has 0 aromatic heterocycles. The van der Waals surface area contributed by atoms with Crippen LogP contribution >= 0.6 is 0 Å². The SMILES string of the molecule is COc1cccc(OC(C)CC(C)N)c1. The fraction of sp³-hybridized carbons (Fsp3) is 0.500. The smallest absolute Gasteiger partial charge is 0.123 e. The van der Waals surface area contributed by atoms with Crippen LogP contribution in [0, 0.1) is 0 Å². The predicted molar refractivity (Wildman–Crippen MR) is 61.4 cm³/mol. The molecule has 1 rings (SSSR count). The van der Waals surface area contributed by atoms with Crippen molar-refractivity contribution in [2.24, 2.45) is 5.73 Å². The third-order valence-electron chi connectivity index (χ3n) is 2.08. The van der Waals surface area contributed by atoms with Crippen LogP contribution in [0.2, 0.25) is 0 Å². The maximum Gasteiger partial charge on any atom is 0.123 e. The molecule has 0 aliphatic carbocycles. The highest BCUT2D eigenvalue weighted by Gasteiger charge is 2.07. The first-order chi connectivity index (χ1) is 7.11. The molecule has 0 radical (unpaired) electrons. The molecule has 0 heterocycles. The van der Waals surface area contributed by atoms with E-state index in [1.807, 2.05) is 38.1 Å². The van der Waals surface area contributed by atoms with E-state index >= 15 is 0 Å². The molecule has 0 saturated carbocycles. The van der Waals surface area contributed by atoms with Crippen LogP contribution in [0.1, 0.15) is 20.3 Å². The topological polar surface area (TPSA) is 44.5 Å². The Morgan fingerprint density at radius 2 is 1.93 bits per heavy atom. The highest BCUT2D eigenvalue weighted by molar-refractivity contribution is 5.32. The molecule has 2 unspecified atom stereocenters. The maximum absolute atomic E-state index is 5.71. The van der Waals surface area contributed by atoms with Crippen molar-refractivity contribution in [1.82, 2.24) is 0 Å². The van der Waals surface area contributed by atoms with Crippen LogP contribution in [0.4, 0.5) is 0 Å². The van der Waals surface area contributed by atoms with E-state index in [9.17, 15) is 0 Å². The van der Waals surface area contributed by atoms with Crippen molar-refractivity contribution in [2.75, 3.05) is 7.11 Å². The van der Waals surface area contributed by atoms with Crippen molar-refractivity contribution in [2.45, 2.75) is 32.4 Å². The number of hydrogen-bond acceptors (Lipinski definition) is 3. The standard InChI is InChI=1S/C12H19NO2/c1-9(13)7-10(2)15-12-6-4-5-11(8-12)14-3/h4-6,8-10H,7,13H2,1-3H3. The fourth-order valence-corrected chi connectivity index (χ4v) is 1.48. The number of rotatable bonds is 5. The molecule has 0 amide bonds. The Morgan fingerprint density at radius 1 is 1.27 bits per heavy atom. The van der Waals surface area contributed by atoms with Gasteiger partial charge in [0.25, 0.3) is 0 Å². The van der Waals surface area contributed by atoms with Crippen molar-refractivity contribution >= 4 is 0 Å². The average Bonchev–Trinajstić information content (AvgIpc) is 2.16. The third-order valence-corrected chi connectivity index (χ3v) is 2.08. The summed E-state index contributed by atoms with van der Waals surface area (Å²) < 4.78 is 10.8. The third kappa shape index (κ3) is 4.21. The molecule has 0 bridgehead atoms. The van der Waals surface area contributed by atoms with E-state index in [2.05, 4.69) is 0 Å². The van der Waals surface area contributed by atoms with Gasteiger partial charge in [0.2, 0.25) is 0 Å². The predicted octanol–water partition coefficient (Wildman–Crippen LogP) is 2.20. The van der Waals surface area contributed by atoms with Crippen molar-refractivity contribution in [3.8, 4) is 11.5 Å². The Kier molecular flexibility index (Phi) is 4.43. The lowest BCUT2D eigenvalue weighted by molar-refractivity contribution is 0.202. The highest BCUT2D eigenvalue weighted by atomic mass is 16.5. The summed E-state index contributed by atoms with van der Waals surface area (Å²) in [6.07, 6.45) is 0.967. The van der Waals surface area contributed by atoms with E-state index in [1.54, 1.807) is 7.11 Å². The van der Waals surface area contributed by atoms with Gasteiger partial charge in [-0.3, -0.25) is 0 Å². The average molecular weight is 209 g/mol. The molecule has 3 heteroatoms. The molecule has 3 nitrogen and oxygen atoms in total. The van der Waals surface area contributed by atoms with Crippen molar-refractivity contribution in [1.29, 1.82) is 0 Å². The quantitative estimate of drug-likeness (QED) is 0.808. The van der Waals surface area contributed by atoms with E-state index in [0.29, 0.717) is 0 Å². The zero-order chi connectivity index (χ0) is 11.3. The molecule has 0 fully saturated rings. The van der Waals surface area contributed by atoms with E-state index in [0.717, 1.165) is 17.9 Å². The zero-order valence-electron chi connectivity index (χ0n) is 9.57. The maximum atomic E-state index is 5.71. The van der Waals surface area contributed by atoms with Crippen molar-refractivity contribution < 1.29 is 9.47 Å². The van der Waals surface area contributed by atoms with Gasteiger partial charge in [0, 0.05) is 12.1 Å². The van der Waals surface area contributed by atoms with Crippen LogP contribution in [0.25, 0.3) is 0 Å². The molecular formula is C12H19NO2. The van der Waals surface area contributed by atoms with Crippen LogP contribution in [0.5, 0.6) is 11.5 Å². The fourth-order valence-electron chi connectivity index (χ4n) is 1.48. The summed E-state index contributed by atoms with van der Waals surface area (Å²) in [6, 6.07) is 7.75. The lowest BCUT2D eigenvalue weighted by Crippen LogP contribution is -2.24. The van der Waals surface area contributed by atoms with E-state index < -0.39 is 0 Å². The Balaban J connectivity index is 2.55. The minimum atomic E-state index is 0.122. The molecule has 84 valence electrons. The Labute approximate surface area is 91.2 Å². The number of methoxy groups -OCH3 is 1. The molecule has 1 aromatic rings. The highest BCUT2D eigenvalue weighted by Crippen LogP contribution is 2.20. The molecule has 2 atom stereocenters. The lowest BCUT2D eigenvalue weighted by Gasteiger charge is -2.16. The first-order valence-electron chi connectivity index (χ1n) is 5.18. The van der Waals surface area contributed by atoms with Gasteiger partial charge in [0.15, 0.2) is 0 Å². The van der Waals surface area contributed by atoms with Gasteiger partial charge in [-0.1, -0.05) is 6.07 Å². The molecule has 2 N–H and O–H groups in total. The minimum Gasteiger partial charge on any atom is -0.497 e. The summed E-state index contributed by atoms with van der Waals surface area (Å²) in [7, 11) is 1.64. The molecule has 0 aliphatic heterocycles. The Morgan fingerprint density at radius 3 is 2.53 bits per heavy atom. The van der Waals surface area contributed by atoms with Gasteiger partial charge in [-0.15, -0.1) is 0 Å². The van der Waals surface area contributed by atoms with Crippen LogP contribution in [-0.4, -0.2) is 19.3 Å². The van der Waals surface area contributed by atoms with Gasteiger partial charge in [-0.05, 0) is 32.4 Å². The molecule has 0 aliphatic rings. The second kappa shape index (κ2) is 5.61. The Hall–Kier alpha value is -1.22. The first-order valence-corrected chi connectivity index (χ1v) is 5.18. The van der Waals surface area contributed by atoms with E-state index in [4.69, 9.17) is 15.2 Å². The summed E-state index contributed by atoms with van der Waals surface area (Å²) >= 11 is 0. The summed E-state index contributed by atoms with van der Waals surface area (Å²) in [5, 5.41) is 0. The van der Waals surface area contributed by atoms with Crippen molar-refractivity contribution in [3.63, 3.8) is 0 Å². The van der Waals surface area contributed by atoms with Crippen LogP contribution in [0.15, 0.2) is 24.3 Å². The second-order valence-corrected chi connectivity index (χ2v) is 3.82. The van der Waals surface area contributed by atoms with Gasteiger partial charge < -0.3 is 15.2 Å². The molecule has 0 spiro atoms. The minimum absolute atomic E-state index is 0.122. The number of nitrogens with two attached hydrogens (primary N) is 1. The van der Waals surface area contributed by atoms with E-state index in [1.165, 1.54) is 0 Å². The van der Waals surface area contributed by atoms with Gasteiger partial charge >= 0.3 is 0 Å². The van der Waals surface area contributed by atoms with Crippen LogP contribution < -0.4 is 15.2 Å². The molecule has 0 saturated heterocycles. The van der Waals surface area contributed by atoms with Gasteiger partial charge in [-0.2, -0.15) is 0 Å². The molecular weight excluding hydrogens is 190 g/mol. The largest absolute Gasteiger partial charge is 0.497 e. The van der Waals surface area contributed by atoms with Crippen LogP contribution in [0.3, 0.4) is 0 Å². The normalized spacial score (nSPS) is 14.4. The molecule has 15 heavy (non-hydrogen) atoms. The Bertz CT molecular complexity index is 299. The molecule has 1 aromatic carbocycles. The van der Waals surface area contributed by atoms with Gasteiger partial charge in [-0.25, -0.2) is 0 Å². The lowest BCUT2D eigenvalue weighted by atomic mass is 10.2. The monoisotopic (exact) mass is 209 g/mol. The summed E-state index contributed by atoms with van der Waals surface area (Å²) in [5.74, 6) is 1.63.